The van der Waals surface area contributed by atoms with Gasteiger partial charge in [-0.25, -0.2) is 4.98 Å². The summed E-state index contributed by atoms with van der Waals surface area (Å²) in [6.45, 7) is 12.5. The molecule has 0 aliphatic carbocycles. The number of rotatable bonds is 1. The van der Waals surface area contributed by atoms with E-state index in [1.165, 1.54) is 5.57 Å². The Morgan fingerprint density at radius 2 is 2.00 bits per heavy atom. The molecular formula is C17H23N3. The summed E-state index contributed by atoms with van der Waals surface area (Å²) in [4.78, 5) is 6.81. The minimum absolute atomic E-state index is 0.236. The second kappa shape index (κ2) is 5.28. The van der Waals surface area contributed by atoms with Crippen LogP contribution in [0.4, 0.5) is 5.82 Å². The molecule has 2 heterocycles. The Hall–Kier alpha value is -1.82. The van der Waals surface area contributed by atoms with E-state index in [4.69, 9.17) is 0 Å². The van der Waals surface area contributed by atoms with Gasteiger partial charge in [-0.15, -0.1) is 0 Å². The molecule has 0 N–H and O–H groups in total. The summed E-state index contributed by atoms with van der Waals surface area (Å²) in [5.41, 5.74) is 4.43. The average molecular weight is 269 g/mol. The number of nitrogens with zero attached hydrogens (tertiary/aromatic N) is 3. The maximum absolute atomic E-state index is 9.37. The lowest BCUT2D eigenvalue weighted by Crippen LogP contribution is -2.32. The highest BCUT2D eigenvalue weighted by Gasteiger charge is 2.23. The van der Waals surface area contributed by atoms with Gasteiger partial charge in [0.1, 0.15) is 11.9 Å². The van der Waals surface area contributed by atoms with Crippen LogP contribution in [0.3, 0.4) is 0 Å². The standard InChI is InChI=1S/C17H23N3/c1-12-10-13(2)19-16(15(12)11-18)20-8-6-14(7-9-20)17(3,4)5/h6,10H,7-9H2,1-5H3. The summed E-state index contributed by atoms with van der Waals surface area (Å²) < 4.78 is 0. The van der Waals surface area contributed by atoms with Crippen LogP contribution >= 0.6 is 0 Å². The van der Waals surface area contributed by atoms with E-state index in [0.29, 0.717) is 5.56 Å². The molecule has 0 unspecified atom stereocenters. The minimum atomic E-state index is 0.236. The van der Waals surface area contributed by atoms with E-state index in [2.05, 4.69) is 42.8 Å². The van der Waals surface area contributed by atoms with Gasteiger partial charge in [-0.2, -0.15) is 5.26 Å². The smallest absolute Gasteiger partial charge is 0.147 e. The number of nitriles is 1. The quantitative estimate of drug-likeness (QED) is 0.729. The molecule has 0 aromatic carbocycles. The molecule has 2 rings (SSSR count). The third-order valence-electron chi connectivity index (χ3n) is 3.91. The van der Waals surface area contributed by atoms with Crippen molar-refractivity contribution in [3.8, 4) is 6.07 Å². The highest BCUT2D eigenvalue weighted by Crippen LogP contribution is 2.32. The van der Waals surface area contributed by atoms with Crippen molar-refractivity contribution in [1.29, 1.82) is 5.26 Å². The fourth-order valence-corrected chi connectivity index (χ4v) is 2.73. The Kier molecular flexibility index (Phi) is 3.85. The molecule has 3 nitrogen and oxygen atoms in total. The van der Waals surface area contributed by atoms with Crippen molar-refractivity contribution in [3.05, 3.63) is 34.5 Å². The largest absolute Gasteiger partial charge is 0.351 e. The highest BCUT2D eigenvalue weighted by atomic mass is 15.2. The Morgan fingerprint density at radius 3 is 2.50 bits per heavy atom. The number of hydrogen-bond acceptors (Lipinski definition) is 3. The van der Waals surface area contributed by atoms with Gasteiger partial charge in [0.2, 0.25) is 0 Å². The van der Waals surface area contributed by atoms with Crippen LogP contribution < -0.4 is 4.90 Å². The molecule has 0 atom stereocenters. The zero-order valence-electron chi connectivity index (χ0n) is 13.1. The van der Waals surface area contributed by atoms with E-state index in [-0.39, 0.29) is 5.41 Å². The van der Waals surface area contributed by atoms with E-state index in [1.54, 1.807) is 0 Å². The van der Waals surface area contributed by atoms with Gasteiger partial charge in [0.25, 0.3) is 0 Å². The summed E-state index contributed by atoms with van der Waals surface area (Å²) >= 11 is 0. The van der Waals surface area contributed by atoms with Crippen molar-refractivity contribution < 1.29 is 0 Å². The topological polar surface area (TPSA) is 39.9 Å². The SMILES string of the molecule is Cc1cc(C)c(C#N)c(N2CC=C(C(C)(C)C)CC2)n1. The summed E-state index contributed by atoms with van der Waals surface area (Å²) in [5, 5.41) is 9.37. The molecule has 1 aromatic heterocycles. The number of anilines is 1. The predicted molar refractivity (Wildman–Crippen MR) is 82.8 cm³/mol. The summed E-state index contributed by atoms with van der Waals surface area (Å²) in [6, 6.07) is 4.28. The van der Waals surface area contributed by atoms with Gasteiger partial charge in [-0.05, 0) is 37.3 Å². The van der Waals surface area contributed by atoms with Crippen molar-refractivity contribution in [3.63, 3.8) is 0 Å². The van der Waals surface area contributed by atoms with Gasteiger partial charge in [0.05, 0.1) is 5.56 Å². The Balaban J connectivity index is 2.32. The van der Waals surface area contributed by atoms with Crippen molar-refractivity contribution in [2.24, 2.45) is 5.41 Å². The number of aromatic nitrogens is 1. The fourth-order valence-electron chi connectivity index (χ4n) is 2.73. The molecule has 1 aliphatic rings. The molecule has 0 radical (unpaired) electrons. The zero-order valence-corrected chi connectivity index (χ0v) is 13.1. The van der Waals surface area contributed by atoms with E-state index < -0.39 is 0 Å². The molecule has 0 saturated carbocycles. The molecule has 0 fully saturated rings. The first-order chi connectivity index (χ1) is 9.32. The van der Waals surface area contributed by atoms with E-state index in [0.717, 1.165) is 36.6 Å². The van der Waals surface area contributed by atoms with Crippen LogP contribution in [0.1, 0.15) is 44.0 Å². The number of pyridine rings is 1. The van der Waals surface area contributed by atoms with Gasteiger partial charge in [0, 0.05) is 18.8 Å². The Labute approximate surface area is 121 Å². The van der Waals surface area contributed by atoms with Crippen LogP contribution in [0, 0.1) is 30.6 Å². The van der Waals surface area contributed by atoms with Crippen LogP contribution in [0.5, 0.6) is 0 Å². The lowest BCUT2D eigenvalue weighted by Gasteiger charge is -2.33. The van der Waals surface area contributed by atoms with Crippen molar-refractivity contribution >= 4 is 5.82 Å². The first-order valence-electron chi connectivity index (χ1n) is 7.15. The average Bonchev–Trinajstić information content (AvgIpc) is 2.37. The maximum Gasteiger partial charge on any atom is 0.147 e. The second-order valence-corrected chi connectivity index (χ2v) is 6.57. The lowest BCUT2D eigenvalue weighted by atomic mass is 9.83. The van der Waals surface area contributed by atoms with E-state index >= 15 is 0 Å². The van der Waals surface area contributed by atoms with Crippen molar-refractivity contribution in [1.82, 2.24) is 4.98 Å². The monoisotopic (exact) mass is 269 g/mol. The normalized spacial score (nSPS) is 15.8. The molecule has 0 saturated heterocycles. The molecule has 20 heavy (non-hydrogen) atoms. The van der Waals surface area contributed by atoms with Gasteiger partial charge in [0.15, 0.2) is 0 Å². The van der Waals surface area contributed by atoms with Crippen molar-refractivity contribution in [2.45, 2.75) is 41.0 Å². The Bertz CT molecular complexity index is 585. The van der Waals surface area contributed by atoms with Crippen LogP contribution in [-0.4, -0.2) is 18.1 Å². The molecule has 0 spiro atoms. The summed E-state index contributed by atoms with van der Waals surface area (Å²) in [6.07, 6.45) is 3.34. The van der Waals surface area contributed by atoms with Crippen LogP contribution in [0.2, 0.25) is 0 Å². The van der Waals surface area contributed by atoms with E-state index in [1.807, 2.05) is 19.9 Å². The van der Waals surface area contributed by atoms with Gasteiger partial charge in [-0.3, -0.25) is 0 Å². The second-order valence-electron chi connectivity index (χ2n) is 6.57. The first kappa shape index (κ1) is 14.6. The molecule has 1 aliphatic heterocycles. The maximum atomic E-state index is 9.37. The third-order valence-corrected chi connectivity index (χ3v) is 3.91. The predicted octanol–water partition coefficient (Wildman–Crippen LogP) is 3.75. The van der Waals surface area contributed by atoms with Gasteiger partial charge >= 0.3 is 0 Å². The van der Waals surface area contributed by atoms with Crippen molar-refractivity contribution in [2.75, 3.05) is 18.0 Å². The third kappa shape index (κ3) is 2.85. The number of hydrogen-bond donors (Lipinski definition) is 0. The summed E-state index contributed by atoms with van der Waals surface area (Å²) in [7, 11) is 0. The molecule has 1 aromatic rings. The number of aryl methyl sites for hydroxylation is 2. The van der Waals surface area contributed by atoms with Crippen LogP contribution in [0.25, 0.3) is 0 Å². The molecule has 0 bridgehead atoms. The lowest BCUT2D eigenvalue weighted by molar-refractivity contribution is 0.472. The first-order valence-corrected chi connectivity index (χ1v) is 7.15. The van der Waals surface area contributed by atoms with Gasteiger partial charge in [-0.1, -0.05) is 32.4 Å². The molecular weight excluding hydrogens is 246 g/mol. The van der Waals surface area contributed by atoms with E-state index in [9.17, 15) is 5.26 Å². The zero-order chi connectivity index (χ0) is 14.9. The molecule has 106 valence electrons. The van der Waals surface area contributed by atoms with Gasteiger partial charge < -0.3 is 4.90 Å². The summed E-state index contributed by atoms with van der Waals surface area (Å²) in [5.74, 6) is 0.842. The fraction of sp³-hybridized carbons (Fsp3) is 0.529. The molecule has 0 amide bonds. The van der Waals surface area contributed by atoms with Crippen LogP contribution in [0.15, 0.2) is 17.7 Å². The minimum Gasteiger partial charge on any atom is -0.351 e. The molecule has 3 heteroatoms. The van der Waals surface area contributed by atoms with Crippen LogP contribution in [-0.2, 0) is 0 Å². The highest BCUT2D eigenvalue weighted by molar-refractivity contribution is 5.59. The Morgan fingerprint density at radius 1 is 1.30 bits per heavy atom.